The van der Waals surface area contributed by atoms with Crippen LogP contribution in [0.4, 0.5) is 10.1 Å². The summed E-state index contributed by atoms with van der Waals surface area (Å²) in [7, 11) is 0. The Morgan fingerprint density at radius 2 is 1.53 bits per heavy atom. The smallest absolute Gasteiger partial charge is 0.240 e. The number of nitrogens with zero attached hydrogens (tertiary/aromatic N) is 2. The summed E-state index contributed by atoms with van der Waals surface area (Å²) in [6, 6.07) is 18.6. The number of fused-ring (bicyclic) bond motifs is 3. The monoisotopic (exact) mass is 526 g/mol. The highest BCUT2D eigenvalue weighted by Crippen LogP contribution is 2.47. The van der Waals surface area contributed by atoms with E-state index in [4.69, 9.17) is 11.6 Å². The molecule has 2 amide bonds. The molecule has 0 spiro atoms. The molecule has 0 aliphatic carbocycles. The van der Waals surface area contributed by atoms with E-state index >= 15 is 0 Å². The van der Waals surface area contributed by atoms with Crippen molar-refractivity contribution >= 4 is 40.7 Å². The van der Waals surface area contributed by atoms with Crippen LogP contribution in [0.1, 0.15) is 20.7 Å². The first kappa shape index (κ1) is 24.0. The molecule has 0 aromatic heterocycles. The molecule has 0 N–H and O–H groups in total. The lowest BCUT2D eigenvalue weighted by Crippen LogP contribution is -2.46. The molecule has 3 aromatic carbocycles. The van der Waals surface area contributed by atoms with Crippen LogP contribution in [0.3, 0.4) is 0 Å². The molecule has 4 unspecified atom stereocenters. The largest absolute Gasteiger partial charge is 0.359 e. The third kappa shape index (κ3) is 3.78. The summed E-state index contributed by atoms with van der Waals surface area (Å²) < 4.78 is 14.0. The predicted molar refractivity (Wildman–Crippen MR) is 139 cm³/mol. The SMILES string of the molecule is O=C(C1=CC2C3C(=O)N(c4cccc(F)c4)C(=O)C3C(C(=O)c3ccc(Cl)cc3)N2C=C1)c1ccccc1. The molecule has 0 radical (unpaired) electrons. The van der Waals surface area contributed by atoms with Gasteiger partial charge in [-0.1, -0.05) is 54.1 Å². The van der Waals surface area contributed by atoms with Crippen molar-refractivity contribution in [1.29, 1.82) is 0 Å². The van der Waals surface area contributed by atoms with Crippen LogP contribution < -0.4 is 4.90 Å². The number of carbonyl (C=O) groups excluding carboxylic acids is 4. The van der Waals surface area contributed by atoms with E-state index in [-0.39, 0.29) is 17.3 Å². The first-order valence-corrected chi connectivity index (χ1v) is 12.4. The molecule has 2 saturated heterocycles. The molecule has 2 fully saturated rings. The molecular weight excluding hydrogens is 507 g/mol. The van der Waals surface area contributed by atoms with Gasteiger partial charge in [-0.05, 0) is 48.5 Å². The number of Topliss-reactive ketones (excluding diaryl/α,β-unsaturated/α-hetero) is 2. The zero-order chi connectivity index (χ0) is 26.6. The fourth-order valence-electron chi connectivity index (χ4n) is 5.61. The Balaban J connectivity index is 1.44. The van der Waals surface area contributed by atoms with Crippen molar-refractivity contribution < 1.29 is 23.6 Å². The minimum Gasteiger partial charge on any atom is -0.359 e. The Kier molecular flexibility index (Phi) is 5.80. The van der Waals surface area contributed by atoms with Crippen molar-refractivity contribution in [1.82, 2.24) is 4.90 Å². The van der Waals surface area contributed by atoms with Gasteiger partial charge in [0, 0.05) is 27.9 Å². The maximum absolute atomic E-state index is 14.0. The number of halogens is 2. The summed E-state index contributed by atoms with van der Waals surface area (Å²) in [6.07, 6.45) is 4.88. The Morgan fingerprint density at radius 1 is 0.816 bits per heavy atom. The molecule has 6 nitrogen and oxygen atoms in total. The molecule has 6 rings (SSSR count). The molecule has 38 heavy (non-hydrogen) atoms. The normalized spacial score (nSPS) is 23.8. The van der Waals surface area contributed by atoms with E-state index in [0.29, 0.717) is 21.7 Å². The number of benzene rings is 3. The second kappa shape index (κ2) is 9.19. The molecule has 3 aliphatic heterocycles. The first-order valence-electron chi connectivity index (χ1n) is 12.1. The molecule has 0 saturated carbocycles. The highest BCUT2D eigenvalue weighted by molar-refractivity contribution is 6.30. The van der Waals surface area contributed by atoms with E-state index in [9.17, 15) is 23.6 Å². The van der Waals surface area contributed by atoms with Gasteiger partial charge in [0.2, 0.25) is 11.8 Å². The minimum atomic E-state index is -1.02. The summed E-state index contributed by atoms with van der Waals surface area (Å²) in [5.74, 6) is -4.25. The molecule has 0 bridgehead atoms. The molecule has 3 heterocycles. The fourth-order valence-corrected chi connectivity index (χ4v) is 5.73. The lowest BCUT2D eigenvalue weighted by Gasteiger charge is -2.32. The van der Waals surface area contributed by atoms with Crippen molar-refractivity contribution in [3.05, 3.63) is 125 Å². The van der Waals surface area contributed by atoms with Gasteiger partial charge < -0.3 is 4.90 Å². The number of amides is 2. The lowest BCUT2D eigenvalue weighted by molar-refractivity contribution is -0.123. The van der Waals surface area contributed by atoms with Crippen LogP contribution in [-0.4, -0.2) is 40.4 Å². The average Bonchev–Trinajstić information content (AvgIpc) is 3.40. The summed E-state index contributed by atoms with van der Waals surface area (Å²) in [5, 5.41) is 0.456. The number of hydrogen-bond donors (Lipinski definition) is 0. The summed E-state index contributed by atoms with van der Waals surface area (Å²) in [5.41, 5.74) is 1.29. The van der Waals surface area contributed by atoms with Crippen LogP contribution in [0.2, 0.25) is 5.02 Å². The zero-order valence-corrected chi connectivity index (χ0v) is 20.6. The lowest BCUT2D eigenvalue weighted by atomic mass is 9.85. The van der Waals surface area contributed by atoms with Crippen molar-refractivity contribution in [3.8, 4) is 0 Å². The highest BCUT2D eigenvalue weighted by atomic mass is 35.5. The number of rotatable bonds is 5. The van der Waals surface area contributed by atoms with Gasteiger partial charge in [-0.2, -0.15) is 0 Å². The van der Waals surface area contributed by atoms with Gasteiger partial charge in [-0.3, -0.25) is 19.2 Å². The topological polar surface area (TPSA) is 74.8 Å². The van der Waals surface area contributed by atoms with Gasteiger partial charge in [0.25, 0.3) is 0 Å². The number of allylic oxidation sites excluding steroid dienone is 2. The van der Waals surface area contributed by atoms with E-state index in [1.54, 1.807) is 71.8 Å². The van der Waals surface area contributed by atoms with Gasteiger partial charge in [0.05, 0.1) is 23.6 Å². The van der Waals surface area contributed by atoms with Crippen molar-refractivity contribution in [2.75, 3.05) is 4.90 Å². The van der Waals surface area contributed by atoms with E-state index in [1.807, 2.05) is 6.07 Å². The molecule has 8 heteroatoms. The van der Waals surface area contributed by atoms with Crippen LogP contribution in [0, 0.1) is 17.7 Å². The van der Waals surface area contributed by atoms with Crippen molar-refractivity contribution in [3.63, 3.8) is 0 Å². The second-order valence-corrected chi connectivity index (χ2v) is 9.87. The number of hydrogen-bond acceptors (Lipinski definition) is 5. The Labute approximate surface area is 222 Å². The van der Waals surface area contributed by atoms with E-state index in [1.165, 1.54) is 18.2 Å². The standard InChI is InChI=1S/C30H20ClFN2O4/c31-20-11-9-18(10-12-20)28(36)26-25-24(29(37)34(30(25)38)22-8-4-7-21(32)16-22)23-15-19(13-14-33(23)26)27(35)17-5-2-1-3-6-17/h1-16,23-26H. The fraction of sp³-hybridized carbons (Fsp3) is 0.133. The second-order valence-electron chi connectivity index (χ2n) is 9.43. The van der Waals surface area contributed by atoms with Crippen LogP contribution >= 0.6 is 11.6 Å². The maximum Gasteiger partial charge on any atom is 0.240 e. The Bertz CT molecular complexity index is 1550. The highest BCUT2D eigenvalue weighted by Gasteiger charge is 2.63. The van der Waals surface area contributed by atoms with E-state index in [0.717, 1.165) is 11.0 Å². The Hall–Kier alpha value is -4.36. The molecule has 188 valence electrons. The Morgan fingerprint density at radius 3 is 2.24 bits per heavy atom. The summed E-state index contributed by atoms with van der Waals surface area (Å²) in [6.45, 7) is 0. The van der Waals surface area contributed by atoms with Crippen LogP contribution in [-0.2, 0) is 9.59 Å². The summed E-state index contributed by atoms with van der Waals surface area (Å²) in [4.78, 5) is 57.1. The zero-order valence-electron chi connectivity index (χ0n) is 19.8. The van der Waals surface area contributed by atoms with Gasteiger partial charge in [0.1, 0.15) is 11.9 Å². The van der Waals surface area contributed by atoms with Crippen LogP contribution in [0.5, 0.6) is 0 Å². The quantitative estimate of drug-likeness (QED) is 0.351. The first-order chi connectivity index (χ1) is 18.3. The van der Waals surface area contributed by atoms with Crippen LogP contribution in [0.15, 0.2) is 103 Å². The maximum atomic E-state index is 14.0. The predicted octanol–water partition coefficient (Wildman–Crippen LogP) is 4.86. The number of imide groups is 1. The molecule has 4 atom stereocenters. The van der Waals surface area contributed by atoms with Gasteiger partial charge >= 0.3 is 0 Å². The minimum absolute atomic E-state index is 0.106. The van der Waals surface area contributed by atoms with Crippen LogP contribution in [0.25, 0.3) is 0 Å². The van der Waals surface area contributed by atoms with Crippen molar-refractivity contribution in [2.45, 2.75) is 12.1 Å². The number of carbonyl (C=O) groups is 4. The third-order valence-electron chi connectivity index (χ3n) is 7.31. The molecular formula is C30H20ClFN2O4. The summed E-state index contributed by atoms with van der Waals surface area (Å²) >= 11 is 6.01. The van der Waals surface area contributed by atoms with Crippen molar-refractivity contribution in [2.24, 2.45) is 11.8 Å². The van der Waals surface area contributed by atoms with E-state index < -0.39 is 41.6 Å². The third-order valence-corrected chi connectivity index (χ3v) is 7.56. The van der Waals surface area contributed by atoms with E-state index in [2.05, 4.69) is 0 Å². The molecule has 3 aliphatic rings. The number of anilines is 1. The van der Waals surface area contributed by atoms with Gasteiger partial charge in [0.15, 0.2) is 11.6 Å². The van der Waals surface area contributed by atoms with Gasteiger partial charge in [-0.25, -0.2) is 9.29 Å². The van der Waals surface area contributed by atoms with Gasteiger partial charge in [-0.15, -0.1) is 0 Å². The average molecular weight is 527 g/mol. The number of ketones is 2. The molecule has 3 aromatic rings.